The monoisotopic (exact) mass is 478 g/mol. The first-order valence-corrected chi connectivity index (χ1v) is 12.1. The maximum atomic E-state index is 13.1. The molecule has 1 aliphatic rings. The lowest BCUT2D eigenvalue weighted by atomic mass is 9.76. The van der Waals surface area contributed by atoms with Crippen molar-refractivity contribution in [1.82, 2.24) is 0 Å². The molecule has 2 bridgehead atoms. The van der Waals surface area contributed by atoms with Crippen LogP contribution in [0.5, 0.6) is 0 Å². The van der Waals surface area contributed by atoms with Gasteiger partial charge in [-0.2, -0.15) is 0 Å². The number of carbonyl (C=O) groups excluding carboxylic acids is 1. The fraction of sp³-hybridized carbons (Fsp3) is 0.667. The van der Waals surface area contributed by atoms with E-state index in [1.807, 2.05) is 58.0 Å². The van der Waals surface area contributed by atoms with Crippen LogP contribution >= 0.6 is 0 Å². The molecular weight excluding hydrogens is 436 g/mol. The summed E-state index contributed by atoms with van der Waals surface area (Å²) in [6.07, 6.45) is -0.475. The lowest BCUT2D eigenvalue weighted by molar-refractivity contribution is -0.167. The second kappa shape index (κ2) is 12.8. The summed E-state index contributed by atoms with van der Waals surface area (Å²) >= 11 is 0. The van der Waals surface area contributed by atoms with E-state index in [0.717, 1.165) is 23.1 Å². The summed E-state index contributed by atoms with van der Waals surface area (Å²) in [5.41, 5.74) is 1.99. The molecule has 0 amide bonds. The van der Waals surface area contributed by atoms with E-state index in [0.29, 0.717) is 12.8 Å². The van der Waals surface area contributed by atoms with Crippen molar-refractivity contribution in [2.45, 2.75) is 89.3 Å². The summed E-state index contributed by atoms with van der Waals surface area (Å²) in [5.74, 6) is -0.722. The Kier molecular flexibility index (Phi) is 10.7. The number of ether oxygens (including phenoxy) is 3. The van der Waals surface area contributed by atoms with Crippen molar-refractivity contribution in [3.05, 3.63) is 47.0 Å². The molecule has 1 unspecified atom stereocenters. The third kappa shape index (κ3) is 7.12. The van der Waals surface area contributed by atoms with Gasteiger partial charge in [0.2, 0.25) is 0 Å². The number of carbonyl (C=O) groups is 1. The van der Waals surface area contributed by atoms with Crippen LogP contribution in [0.25, 0.3) is 0 Å². The van der Waals surface area contributed by atoms with Crippen molar-refractivity contribution in [1.29, 1.82) is 0 Å². The number of esters is 1. The molecule has 34 heavy (non-hydrogen) atoms. The number of hydrogen-bond acceptors (Lipinski definition) is 7. The van der Waals surface area contributed by atoms with Gasteiger partial charge >= 0.3 is 5.97 Å². The number of aliphatic hydroxyl groups is 3. The van der Waals surface area contributed by atoms with Gasteiger partial charge in [0.25, 0.3) is 0 Å². The Morgan fingerprint density at radius 3 is 2.53 bits per heavy atom. The smallest absolute Gasteiger partial charge is 0.338 e. The average molecular weight is 479 g/mol. The summed E-state index contributed by atoms with van der Waals surface area (Å²) in [7, 11) is 2.96. The molecule has 0 fully saturated rings. The standard InChI is InChI=1S/C27H42O7/c1-7-18(16-28)11-17(2)23-14-21(32-5)15-24(30)27(3,4)20-10-8-9-19(12-20)13-22(29)25(33-6)26(31)34-23/h8-12,18,21-25,28-30H,7,13-16H2,1-6H3/b17-11-/t18-,21-,22-,23?,24+,25+/m1/s1. The zero-order chi connectivity index (χ0) is 25.5. The summed E-state index contributed by atoms with van der Waals surface area (Å²) in [6.45, 7) is 7.80. The molecule has 0 aromatic heterocycles. The number of cyclic esters (lactones) is 1. The van der Waals surface area contributed by atoms with Gasteiger partial charge < -0.3 is 29.5 Å². The van der Waals surface area contributed by atoms with E-state index in [-0.39, 0.29) is 25.0 Å². The molecule has 0 saturated carbocycles. The van der Waals surface area contributed by atoms with Gasteiger partial charge in [0.1, 0.15) is 6.10 Å². The molecule has 1 heterocycles. The molecule has 6 atom stereocenters. The van der Waals surface area contributed by atoms with Crippen LogP contribution in [-0.4, -0.2) is 72.6 Å². The van der Waals surface area contributed by atoms with Crippen molar-refractivity contribution in [3.63, 3.8) is 0 Å². The van der Waals surface area contributed by atoms with E-state index in [1.165, 1.54) is 7.11 Å². The maximum absolute atomic E-state index is 13.1. The van der Waals surface area contributed by atoms with Crippen LogP contribution < -0.4 is 0 Å². The minimum absolute atomic E-state index is 0.00767. The van der Waals surface area contributed by atoms with Gasteiger partial charge in [-0.1, -0.05) is 51.1 Å². The lowest BCUT2D eigenvalue weighted by Gasteiger charge is -2.35. The first-order valence-electron chi connectivity index (χ1n) is 12.1. The highest BCUT2D eigenvalue weighted by Gasteiger charge is 2.36. The maximum Gasteiger partial charge on any atom is 0.338 e. The number of rotatable bonds is 6. The fourth-order valence-electron chi connectivity index (χ4n) is 4.43. The normalized spacial score (nSPS) is 29.7. The van der Waals surface area contributed by atoms with Crippen LogP contribution in [0.15, 0.2) is 35.9 Å². The molecule has 7 nitrogen and oxygen atoms in total. The Hall–Kier alpha value is -1.77. The quantitative estimate of drug-likeness (QED) is 0.426. The molecule has 3 N–H and O–H groups in total. The predicted molar refractivity (Wildman–Crippen MR) is 131 cm³/mol. The largest absolute Gasteiger partial charge is 0.456 e. The molecule has 1 aliphatic heterocycles. The second-order valence-electron chi connectivity index (χ2n) is 9.88. The third-order valence-corrected chi connectivity index (χ3v) is 7.10. The number of hydrogen-bond donors (Lipinski definition) is 3. The molecule has 1 aromatic carbocycles. The van der Waals surface area contributed by atoms with E-state index in [4.69, 9.17) is 14.2 Å². The van der Waals surface area contributed by atoms with Crippen molar-refractivity contribution in [2.24, 2.45) is 5.92 Å². The average Bonchev–Trinajstić information content (AvgIpc) is 2.81. The number of methoxy groups -OCH3 is 2. The minimum atomic E-state index is -1.15. The molecule has 1 aromatic rings. The first-order chi connectivity index (χ1) is 16.1. The van der Waals surface area contributed by atoms with Crippen molar-refractivity contribution in [3.8, 4) is 0 Å². The van der Waals surface area contributed by atoms with Gasteiger partial charge in [-0.3, -0.25) is 0 Å². The summed E-state index contributed by atoms with van der Waals surface area (Å²) in [6, 6.07) is 7.69. The number of aliphatic hydroxyl groups excluding tert-OH is 3. The number of fused-ring (bicyclic) bond motifs is 2. The third-order valence-electron chi connectivity index (χ3n) is 7.10. The van der Waals surface area contributed by atoms with Crippen molar-refractivity contribution in [2.75, 3.05) is 20.8 Å². The predicted octanol–water partition coefficient (Wildman–Crippen LogP) is 2.93. The Morgan fingerprint density at radius 1 is 1.24 bits per heavy atom. The van der Waals surface area contributed by atoms with Gasteiger partial charge in [0, 0.05) is 51.4 Å². The molecule has 0 aliphatic carbocycles. The summed E-state index contributed by atoms with van der Waals surface area (Å²) < 4.78 is 16.9. The fourth-order valence-corrected chi connectivity index (χ4v) is 4.43. The van der Waals surface area contributed by atoms with Crippen LogP contribution in [0.4, 0.5) is 0 Å². The highest BCUT2D eigenvalue weighted by atomic mass is 16.6. The van der Waals surface area contributed by atoms with E-state index < -0.39 is 35.8 Å². The lowest BCUT2D eigenvalue weighted by Crippen LogP contribution is -2.42. The Balaban J connectivity index is 2.50. The molecule has 7 heteroatoms. The van der Waals surface area contributed by atoms with Gasteiger partial charge in [-0.15, -0.1) is 0 Å². The van der Waals surface area contributed by atoms with E-state index in [9.17, 15) is 20.1 Å². The van der Waals surface area contributed by atoms with Crippen LogP contribution in [0.3, 0.4) is 0 Å². The van der Waals surface area contributed by atoms with Gasteiger partial charge in [-0.05, 0) is 30.0 Å². The molecular formula is C27H42O7. The molecule has 2 rings (SSSR count). The Labute approximate surface area is 203 Å². The van der Waals surface area contributed by atoms with Crippen molar-refractivity contribution < 1.29 is 34.3 Å². The Bertz CT molecular complexity index is 815. The molecule has 0 spiro atoms. The zero-order valence-corrected chi connectivity index (χ0v) is 21.4. The van der Waals surface area contributed by atoms with Gasteiger partial charge in [0.05, 0.1) is 18.3 Å². The zero-order valence-electron chi connectivity index (χ0n) is 21.4. The Morgan fingerprint density at radius 2 is 1.94 bits per heavy atom. The molecule has 0 radical (unpaired) electrons. The second-order valence-corrected chi connectivity index (χ2v) is 9.88. The van der Waals surface area contributed by atoms with Crippen molar-refractivity contribution >= 4 is 5.97 Å². The summed E-state index contributed by atoms with van der Waals surface area (Å²) in [4.78, 5) is 13.1. The first kappa shape index (κ1) is 28.5. The SMILES string of the molecule is CC[C@H](/C=C(/C)C1C[C@@H](OC)C[C@H](O)C(C)(C)c2cccc(c2)C[C@@H](O)[C@H](OC)C(=O)O1)CO. The molecule has 192 valence electrons. The van der Waals surface area contributed by atoms with Crippen LogP contribution in [0.1, 0.15) is 58.1 Å². The summed E-state index contributed by atoms with van der Waals surface area (Å²) in [5, 5.41) is 31.7. The van der Waals surface area contributed by atoms with Crippen LogP contribution in [0, 0.1) is 5.92 Å². The minimum Gasteiger partial charge on any atom is -0.456 e. The van der Waals surface area contributed by atoms with Crippen LogP contribution in [0.2, 0.25) is 0 Å². The van der Waals surface area contributed by atoms with E-state index >= 15 is 0 Å². The number of benzene rings is 1. The highest BCUT2D eigenvalue weighted by Crippen LogP contribution is 2.32. The van der Waals surface area contributed by atoms with Crippen LogP contribution in [-0.2, 0) is 30.8 Å². The topological polar surface area (TPSA) is 105 Å². The van der Waals surface area contributed by atoms with E-state index in [1.54, 1.807) is 7.11 Å². The highest BCUT2D eigenvalue weighted by molar-refractivity contribution is 5.76. The van der Waals surface area contributed by atoms with E-state index in [2.05, 4.69) is 0 Å². The van der Waals surface area contributed by atoms with Gasteiger partial charge in [0.15, 0.2) is 6.10 Å². The van der Waals surface area contributed by atoms with Gasteiger partial charge in [-0.25, -0.2) is 4.79 Å². The molecule has 0 saturated heterocycles.